The van der Waals surface area contributed by atoms with Gasteiger partial charge in [-0.2, -0.15) is 0 Å². The lowest BCUT2D eigenvalue weighted by Crippen LogP contribution is -2.37. The van der Waals surface area contributed by atoms with Gasteiger partial charge >= 0.3 is 11.9 Å². The summed E-state index contributed by atoms with van der Waals surface area (Å²) in [6, 6.07) is 0. The van der Waals surface area contributed by atoms with Crippen LogP contribution in [0.25, 0.3) is 0 Å². The van der Waals surface area contributed by atoms with Gasteiger partial charge in [-0.3, -0.25) is 0 Å². The molecule has 2 aliphatic rings. The van der Waals surface area contributed by atoms with E-state index in [-0.39, 0.29) is 5.60 Å². The summed E-state index contributed by atoms with van der Waals surface area (Å²) in [6.07, 6.45) is 4.35. The molecular weight excluding hydrogens is 220 g/mol. The molecule has 2 fully saturated rings. The topological polar surface area (TPSA) is 52.6 Å². The minimum absolute atomic E-state index is 0.298. The Morgan fingerprint density at radius 1 is 1.41 bits per heavy atom. The molecule has 4 heteroatoms. The van der Waals surface area contributed by atoms with Crippen molar-refractivity contribution in [2.45, 2.75) is 57.2 Å². The largest absolute Gasteiger partial charge is 0.456 e. The number of esters is 2. The molecule has 2 rings (SSSR count). The first-order valence-electron chi connectivity index (χ1n) is 5.99. The third-order valence-corrected chi connectivity index (χ3v) is 3.58. The fourth-order valence-electron chi connectivity index (χ4n) is 2.70. The quantitative estimate of drug-likeness (QED) is 0.546. The second-order valence-electron chi connectivity index (χ2n) is 5.36. The first kappa shape index (κ1) is 12.1. The highest BCUT2D eigenvalue weighted by Gasteiger charge is 2.57. The van der Waals surface area contributed by atoms with Crippen molar-refractivity contribution in [1.29, 1.82) is 0 Å². The van der Waals surface area contributed by atoms with Crippen molar-refractivity contribution >= 4 is 11.9 Å². The van der Waals surface area contributed by atoms with Gasteiger partial charge in [0.15, 0.2) is 0 Å². The van der Waals surface area contributed by atoms with Crippen LogP contribution >= 0.6 is 0 Å². The Morgan fingerprint density at radius 2 is 2.00 bits per heavy atom. The maximum Gasteiger partial charge on any atom is 0.351 e. The fraction of sp³-hybridized carbons (Fsp3) is 0.692. The number of hydrogen-bond donors (Lipinski definition) is 0. The van der Waals surface area contributed by atoms with Gasteiger partial charge in [-0.25, -0.2) is 9.59 Å². The van der Waals surface area contributed by atoms with E-state index in [9.17, 15) is 9.59 Å². The normalized spacial score (nSPS) is 30.4. The predicted molar refractivity (Wildman–Crippen MR) is 61.2 cm³/mol. The highest BCUT2D eigenvalue weighted by molar-refractivity contribution is 5.91. The first-order valence-corrected chi connectivity index (χ1v) is 5.99. The van der Waals surface area contributed by atoms with Gasteiger partial charge in [0, 0.05) is 12.0 Å². The molecule has 1 saturated carbocycles. The standard InChI is InChI=1S/C13H18O4/c1-9(2)10(14)16-12(3)8-13(17-11(12)15)6-4-5-7-13/h1,4-8H2,2-3H3. The summed E-state index contributed by atoms with van der Waals surface area (Å²) < 4.78 is 10.7. The molecule has 17 heavy (non-hydrogen) atoms. The highest BCUT2D eigenvalue weighted by atomic mass is 16.6. The molecule has 1 aliphatic heterocycles. The van der Waals surface area contributed by atoms with Crippen molar-refractivity contribution in [1.82, 2.24) is 0 Å². The molecule has 0 radical (unpaired) electrons. The van der Waals surface area contributed by atoms with Gasteiger partial charge in [-0.1, -0.05) is 6.58 Å². The molecule has 1 atom stereocenters. The Morgan fingerprint density at radius 3 is 2.53 bits per heavy atom. The van der Waals surface area contributed by atoms with E-state index in [2.05, 4.69) is 6.58 Å². The molecule has 4 nitrogen and oxygen atoms in total. The van der Waals surface area contributed by atoms with Gasteiger partial charge in [0.25, 0.3) is 0 Å². The Labute approximate surface area is 101 Å². The lowest BCUT2D eigenvalue weighted by atomic mass is 9.90. The Balaban J connectivity index is 2.13. The van der Waals surface area contributed by atoms with Gasteiger partial charge in [-0.15, -0.1) is 0 Å². The van der Waals surface area contributed by atoms with E-state index in [1.807, 2.05) is 0 Å². The Kier molecular flexibility index (Phi) is 2.76. The average Bonchev–Trinajstić information content (AvgIpc) is 2.74. The zero-order chi connectivity index (χ0) is 12.7. The van der Waals surface area contributed by atoms with Crippen LogP contribution in [0.3, 0.4) is 0 Å². The van der Waals surface area contributed by atoms with E-state index >= 15 is 0 Å². The van der Waals surface area contributed by atoms with Crippen LogP contribution in [0.15, 0.2) is 12.2 Å². The maximum atomic E-state index is 11.9. The van der Waals surface area contributed by atoms with E-state index < -0.39 is 17.5 Å². The molecule has 0 aromatic rings. The highest BCUT2D eigenvalue weighted by Crippen LogP contribution is 2.46. The van der Waals surface area contributed by atoms with E-state index in [1.165, 1.54) is 0 Å². The van der Waals surface area contributed by atoms with Gasteiger partial charge in [0.05, 0.1) is 0 Å². The van der Waals surface area contributed by atoms with E-state index in [1.54, 1.807) is 13.8 Å². The van der Waals surface area contributed by atoms with Crippen LogP contribution in [0.5, 0.6) is 0 Å². The minimum atomic E-state index is -1.14. The third-order valence-electron chi connectivity index (χ3n) is 3.58. The summed E-state index contributed by atoms with van der Waals surface area (Å²) >= 11 is 0. The summed E-state index contributed by atoms with van der Waals surface area (Å²) in [5.41, 5.74) is -1.23. The van der Waals surface area contributed by atoms with Crippen molar-refractivity contribution in [3.63, 3.8) is 0 Å². The second-order valence-corrected chi connectivity index (χ2v) is 5.36. The molecule has 1 heterocycles. The molecule has 0 aromatic carbocycles. The molecule has 0 aromatic heterocycles. The van der Waals surface area contributed by atoms with Crippen LogP contribution in [0.1, 0.15) is 46.0 Å². The number of ether oxygens (including phenoxy) is 2. The van der Waals surface area contributed by atoms with E-state index in [0.29, 0.717) is 12.0 Å². The molecule has 0 bridgehead atoms. The lowest BCUT2D eigenvalue weighted by molar-refractivity contribution is -0.169. The van der Waals surface area contributed by atoms with Crippen LogP contribution in [0.2, 0.25) is 0 Å². The number of hydrogen-bond acceptors (Lipinski definition) is 4. The van der Waals surface area contributed by atoms with Crippen molar-refractivity contribution in [3.05, 3.63) is 12.2 Å². The second kappa shape index (κ2) is 3.86. The van der Waals surface area contributed by atoms with E-state index in [0.717, 1.165) is 25.7 Å². The van der Waals surface area contributed by atoms with Crippen LogP contribution in [0, 0.1) is 0 Å². The zero-order valence-electron chi connectivity index (χ0n) is 10.4. The van der Waals surface area contributed by atoms with Gasteiger partial charge in [-0.05, 0) is 39.5 Å². The minimum Gasteiger partial charge on any atom is -0.456 e. The summed E-state index contributed by atoms with van der Waals surface area (Å²) in [5.74, 6) is -0.950. The van der Waals surface area contributed by atoms with Gasteiger partial charge in [0.2, 0.25) is 5.60 Å². The summed E-state index contributed by atoms with van der Waals surface area (Å²) in [7, 11) is 0. The summed E-state index contributed by atoms with van der Waals surface area (Å²) in [5, 5.41) is 0. The smallest absolute Gasteiger partial charge is 0.351 e. The molecular formula is C13H18O4. The van der Waals surface area contributed by atoms with Gasteiger partial charge < -0.3 is 9.47 Å². The molecule has 1 spiro atoms. The monoisotopic (exact) mass is 238 g/mol. The zero-order valence-corrected chi connectivity index (χ0v) is 10.4. The van der Waals surface area contributed by atoms with Crippen molar-refractivity contribution in [3.8, 4) is 0 Å². The lowest BCUT2D eigenvalue weighted by Gasteiger charge is -2.23. The molecule has 0 N–H and O–H groups in total. The molecule has 94 valence electrons. The van der Waals surface area contributed by atoms with Gasteiger partial charge in [0.1, 0.15) is 5.60 Å². The number of carbonyl (C=O) groups excluding carboxylic acids is 2. The summed E-state index contributed by atoms with van der Waals surface area (Å²) in [6.45, 7) is 6.71. The summed E-state index contributed by atoms with van der Waals surface area (Å²) in [4.78, 5) is 23.4. The Hall–Kier alpha value is -1.32. The maximum absolute atomic E-state index is 11.9. The van der Waals surface area contributed by atoms with Crippen molar-refractivity contribution in [2.75, 3.05) is 0 Å². The van der Waals surface area contributed by atoms with Crippen molar-refractivity contribution < 1.29 is 19.1 Å². The van der Waals surface area contributed by atoms with Crippen LogP contribution in [-0.4, -0.2) is 23.1 Å². The fourth-order valence-corrected chi connectivity index (χ4v) is 2.70. The number of carbonyl (C=O) groups is 2. The first-order chi connectivity index (χ1) is 7.87. The average molecular weight is 238 g/mol. The van der Waals surface area contributed by atoms with Crippen molar-refractivity contribution in [2.24, 2.45) is 0 Å². The van der Waals surface area contributed by atoms with Crippen LogP contribution in [0.4, 0.5) is 0 Å². The molecule has 1 unspecified atom stereocenters. The molecule has 0 amide bonds. The Bertz CT molecular complexity index is 379. The number of rotatable bonds is 2. The molecule has 1 saturated heterocycles. The van der Waals surface area contributed by atoms with Crippen LogP contribution in [-0.2, 0) is 19.1 Å². The molecule has 1 aliphatic carbocycles. The third kappa shape index (κ3) is 2.08. The predicted octanol–water partition coefficient (Wildman–Crippen LogP) is 2.12. The SMILES string of the molecule is C=C(C)C(=O)OC1(C)CC2(CCCC2)OC1=O. The van der Waals surface area contributed by atoms with Crippen LogP contribution < -0.4 is 0 Å². The van der Waals surface area contributed by atoms with E-state index in [4.69, 9.17) is 9.47 Å².